The van der Waals surface area contributed by atoms with E-state index in [-0.39, 0.29) is 24.5 Å². The molecule has 0 saturated carbocycles. The number of carbonyl (C=O) groups is 1. The highest BCUT2D eigenvalue weighted by atomic mass is 19.4. The minimum absolute atomic E-state index is 0.0300. The van der Waals surface area contributed by atoms with Gasteiger partial charge < -0.3 is 4.90 Å². The van der Waals surface area contributed by atoms with Gasteiger partial charge in [-0.3, -0.25) is 9.69 Å². The molecule has 2 unspecified atom stereocenters. The predicted octanol–water partition coefficient (Wildman–Crippen LogP) is 2.02. The lowest BCUT2D eigenvalue weighted by Gasteiger charge is -2.50. The van der Waals surface area contributed by atoms with Gasteiger partial charge in [-0.2, -0.15) is 13.2 Å². The van der Waals surface area contributed by atoms with E-state index in [1.807, 2.05) is 4.90 Å². The van der Waals surface area contributed by atoms with Gasteiger partial charge in [-0.25, -0.2) is 0 Å². The van der Waals surface area contributed by atoms with Gasteiger partial charge in [0, 0.05) is 38.6 Å². The average Bonchev–Trinajstić information content (AvgIpc) is 2.23. The van der Waals surface area contributed by atoms with Crippen LogP contribution in [-0.2, 0) is 4.79 Å². The van der Waals surface area contributed by atoms with Crippen LogP contribution in [0.15, 0.2) is 0 Å². The summed E-state index contributed by atoms with van der Waals surface area (Å²) in [6.07, 6.45) is -1.98. The van der Waals surface area contributed by atoms with Crippen molar-refractivity contribution in [1.29, 1.82) is 0 Å². The molecule has 0 radical (unpaired) electrons. The van der Waals surface area contributed by atoms with Crippen molar-refractivity contribution in [2.45, 2.75) is 50.9 Å². The fourth-order valence-corrected chi connectivity index (χ4v) is 3.07. The summed E-state index contributed by atoms with van der Waals surface area (Å²) in [4.78, 5) is 15.1. The van der Waals surface area contributed by atoms with Crippen LogP contribution in [-0.4, -0.2) is 53.6 Å². The summed E-state index contributed by atoms with van der Waals surface area (Å²) in [6.45, 7) is 2.78. The summed E-state index contributed by atoms with van der Waals surface area (Å²) in [5.74, 6) is 0.0300. The van der Waals surface area contributed by atoms with Crippen LogP contribution < -0.4 is 0 Å². The van der Waals surface area contributed by atoms with Crippen LogP contribution in [0.2, 0.25) is 0 Å². The van der Waals surface area contributed by atoms with E-state index in [2.05, 4.69) is 0 Å². The second-order valence-electron chi connectivity index (χ2n) is 5.27. The van der Waals surface area contributed by atoms with Gasteiger partial charge in [0.1, 0.15) is 0 Å². The lowest BCUT2D eigenvalue weighted by Crippen LogP contribution is -2.61. The topological polar surface area (TPSA) is 23.6 Å². The number of halogens is 3. The van der Waals surface area contributed by atoms with Crippen LogP contribution in [0.4, 0.5) is 13.2 Å². The number of piperidine rings is 1. The van der Waals surface area contributed by atoms with E-state index in [1.54, 1.807) is 4.90 Å². The Kier molecular flexibility index (Phi) is 3.84. The molecule has 0 N–H and O–H groups in total. The molecule has 2 atom stereocenters. The molecule has 1 amide bonds. The predicted molar refractivity (Wildman–Crippen MR) is 61.1 cm³/mol. The molecular formula is C12H19F3N2O. The number of hydrogen-bond acceptors (Lipinski definition) is 2. The first-order chi connectivity index (χ1) is 8.37. The fraction of sp³-hybridized carbons (Fsp3) is 0.917. The molecule has 104 valence electrons. The largest absolute Gasteiger partial charge is 0.390 e. The van der Waals surface area contributed by atoms with Crippen molar-refractivity contribution in [1.82, 2.24) is 9.80 Å². The maximum atomic E-state index is 12.3. The molecule has 6 heteroatoms. The number of fused-ring (bicyclic) bond motifs is 2. The Labute approximate surface area is 105 Å². The number of alkyl halides is 3. The zero-order valence-corrected chi connectivity index (χ0v) is 10.5. The minimum atomic E-state index is -4.09. The molecule has 2 bridgehead atoms. The maximum Gasteiger partial charge on any atom is 0.390 e. The number of likely N-dealkylation sites (tertiary alicyclic amines) is 1. The summed E-state index contributed by atoms with van der Waals surface area (Å²) >= 11 is 0. The van der Waals surface area contributed by atoms with E-state index in [4.69, 9.17) is 0 Å². The molecule has 2 fully saturated rings. The van der Waals surface area contributed by atoms with E-state index in [0.29, 0.717) is 13.1 Å². The Hall–Kier alpha value is -0.780. The maximum absolute atomic E-state index is 12.3. The monoisotopic (exact) mass is 264 g/mol. The van der Waals surface area contributed by atoms with Crippen molar-refractivity contribution in [2.24, 2.45) is 0 Å². The summed E-state index contributed by atoms with van der Waals surface area (Å²) < 4.78 is 36.9. The molecule has 0 spiro atoms. The molecule has 0 aromatic rings. The minimum Gasteiger partial charge on any atom is -0.340 e. The van der Waals surface area contributed by atoms with Crippen LogP contribution in [0.25, 0.3) is 0 Å². The van der Waals surface area contributed by atoms with Crippen molar-refractivity contribution >= 4 is 5.91 Å². The Morgan fingerprint density at radius 3 is 2.22 bits per heavy atom. The van der Waals surface area contributed by atoms with Gasteiger partial charge in [-0.15, -0.1) is 0 Å². The van der Waals surface area contributed by atoms with Crippen LogP contribution in [0.3, 0.4) is 0 Å². The second kappa shape index (κ2) is 5.07. The lowest BCUT2D eigenvalue weighted by molar-refractivity contribution is -0.149. The first-order valence-electron chi connectivity index (χ1n) is 6.45. The third-order valence-electron chi connectivity index (χ3n) is 3.97. The molecular weight excluding hydrogens is 245 g/mol. The van der Waals surface area contributed by atoms with E-state index in [9.17, 15) is 18.0 Å². The highest BCUT2D eigenvalue weighted by Gasteiger charge is 2.39. The summed E-state index contributed by atoms with van der Waals surface area (Å²) in [5.41, 5.74) is 0. The molecule has 2 aliphatic heterocycles. The van der Waals surface area contributed by atoms with Crippen molar-refractivity contribution in [3.05, 3.63) is 0 Å². The number of nitrogens with zero attached hydrogens (tertiary/aromatic N) is 2. The van der Waals surface area contributed by atoms with Gasteiger partial charge in [0.25, 0.3) is 0 Å². The van der Waals surface area contributed by atoms with Gasteiger partial charge in [-0.1, -0.05) is 6.42 Å². The number of carbonyl (C=O) groups excluding carboxylic acids is 1. The Bertz CT molecular complexity index is 305. The van der Waals surface area contributed by atoms with E-state index < -0.39 is 12.6 Å². The number of rotatable bonds is 2. The van der Waals surface area contributed by atoms with Gasteiger partial charge >= 0.3 is 6.18 Å². The van der Waals surface area contributed by atoms with E-state index in [1.165, 1.54) is 6.92 Å². The second-order valence-corrected chi connectivity index (χ2v) is 5.27. The standard InChI is InChI=1S/C12H19F3N2O/c1-9(18)16-7-10-3-2-4-11(8-16)17(10)6-5-12(13,14)15/h10-11H,2-8H2,1H3. The quantitative estimate of drug-likeness (QED) is 0.762. The van der Waals surface area contributed by atoms with Gasteiger partial charge in [0.05, 0.1) is 6.42 Å². The fourth-order valence-electron chi connectivity index (χ4n) is 3.07. The molecule has 2 saturated heterocycles. The van der Waals surface area contributed by atoms with Crippen molar-refractivity contribution in [2.75, 3.05) is 19.6 Å². The molecule has 0 aromatic heterocycles. The normalized spacial score (nSPS) is 29.4. The Morgan fingerprint density at radius 1 is 1.22 bits per heavy atom. The van der Waals surface area contributed by atoms with Crippen molar-refractivity contribution in [3.63, 3.8) is 0 Å². The lowest BCUT2D eigenvalue weighted by atomic mass is 9.91. The number of piperazine rings is 1. The molecule has 2 aliphatic rings. The first-order valence-corrected chi connectivity index (χ1v) is 6.45. The number of hydrogen-bond donors (Lipinski definition) is 0. The molecule has 3 nitrogen and oxygen atoms in total. The average molecular weight is 264 g/mol. The third kappa shape index (κ3) is 3.16. The highest BCUT2D eigenvalue weighted by molar-refractivity contribution is 5.73. The van der Waals surface area contributed by atoms with E-state index >= 15 is 0 Å². The summed E-state index contributed by atoms with van der Waals surface area (Å²) in [7, 11) is 0. The zero-order chi connectivity index (χ0) is 13.3. The van der Waals surface area contributed by atoms with E-state index in [0.717, 1.165) is 19.3 Å². The Morgan fingerprint density at radius 2 is 1.78 bits per heavy atom. The number of amides is 1. The summed E-state index contributed by atoms with van der Waals surface area (Å²) in [5, 5.41) is 0. The van der Waals surface area contributed by atoms with Crippen LogP contribution in [0.5, 0.6) is 0 Å². The highest BCUT2D eigenvalue weighted by Crippen LogP contribution is 2.30. The molecule has 2 heterocycles. The zero-order valence-electron chi connectivity index (χ0n) is 10.5. The van der Waals surface area contributed by atoms with Crippen molar-refractivity contribution in [3.8, 4) is 0 Å². The van der Waals surface area contributed by atoms with Crippen molar-refractivity contribution < 1.29 is 18.0 Å². The molecule has 0 aromatic carbocycles. The SMILES string of the molecule is CC(=O)N1CC2CCCC(C1)N2CCC(F)(F)F. The van der Waals surface area contributed by atoms with Gasteiger partial charge in [-0.05, 0) is 12.8 Å². The van der Waals surface area contributed by atoms with Crippen LogP contribution in [0, 0.1) is 0 Å². The first kappa shape index (κ1) is 13.6. The summed E-state index contributed by atoms with van der Waals surface area (Å²) in [6, 6.07) is 0.229. The van der Waals surface area contributed by atoms with Crippen LogP contribution >= 0.6 is 0 Å². The Balaban J connectivity index is 1.98. The van der Waals surface area contributed by atoms with Crippen LogP contribution in [0.1, 0.15) is 32.6 Å². The molecule has 0 aliphatic carbocycles. The van der Waals surface area contributed by atoms with Gasteiger partial charge in [0.15, 0.2) is 0 Å². The molecule has 2 rings (SSSR count). The molecule has 18 heavy (non-hydrogen) atoms. The third-order valence-corrected chi connectivity index (χ3v) is 3.97. The smallest absolute Gasteiger partial charge is 0.340 e. The van der Waals surface area contributed by atoms with Gasteiger partial charge in [0.2, 0.25) is 5.91 Å².